The van der Waals surface area contributed by atoms with E-state index in [1.54, 1.807) is 12.1 Å². The molecule has 1 aromatic rings. The molecular weight excluding hydrogens is 248 g/mol. The Balaban J connectivity index is 2.10. The largest absolute Gasteiger partial charge is 0.508 e. The number of amides is 2. The summed E-state index contributed by atoms with van der Waals surface area (Å²) in [6.07, 6.45) is 1.69. The Morgan fingerprint density at radius 3 is 2.53 bits per heavy atom. The summed E-state index contributed by atoms with van der Waals surface area (Å²) in [7, 11) is 1.53. The van der Waals surface area contributed by atoms with Crippen molar-refractivity contribution in [1.82, 2.24) is 5.32 Å². The zero-order chi connectivity index (χ0) is 14.0. The van der Waals surface area contributed by atoms with Gasteiger partial charge in [-0.25, -0.2) is 9.59 Å². The number of carbonyl (C=O) groups excluding carboxylic acids is 1. The minimum Gasteiger partial charge on any atom is -0.508 e. The Hall–Kier alpha value is -2.24. The first-order chi connectivity index (χ1) is 8.94. The number of nitrogens with one attached hydrogen (secondary N) is 1. The van der Waals surface area contributed by atoms with Crippen LogP contribution in [0, 0.1) is 0 Å². The molecule has 102 valence electrons. The van der Waals surface area contributed by atoms with Gasteiger partial charge in [0, 0.05) is 18.8 Å². The van der Waals surface area contributed by atoms with Gasteiger partial charge in [-0.1, -0.05) is 6.07 Å². The number of hydrogen-bond acceptors (Lipinski definition) is 3. The molecule has 2 rings (SSSR count). The Morgan fingerprint density at radius 1 is 1.37 bits per heavy atom. The lowest BCUT2D eigenvalue weighted by molar-refractivity contribution is -0.148. The zero-order valence-electron chi connectivity index (χ0n) is 10.6. The fraction of sp³-hybridized carbons (Fsp3) is 0.385. The molecule has 0 aliphatic heterocycles. The van der Waals surface area contributed by atoms with Gasteiger partial charge in [0.2, 0.25) is 0 Å². The van der Waals surface area contributed by atoms with Crippen molar-refractivity contribution >= 4 is 17.7 Å². The van der Waals surface area contributed by atoms with Crippen LogP contribution in [0.4, 0.5) is 10.5 Å². The van der Waals surface area contributed by atoms with E-state index in [-0.39, 0.29) is 5.75 Å². The predicted octanol–water partition coefficient (Wildman–Crippen LogP) is 1.55. The number of phenolic OH excluding ortho intramolecular Hbond substituents is 1. The van der Waals surface area contributed by atoms with Crippen LogP contribution in [-0.2, 0) is 4.79 Å². The van der Waals surface area contributed by atoms with Crippen LogP contribution in [0.15, 0.2) is 24.3 Å². The standard InChI is InChI=1S/C13H16N2O4/c1-15(9-4-2-5-10(16)8-9)12(19)14-13(11(17)18)6-3-7-13/h2,4-5,8,16H,3,6-7H2,1H3,(H,14,19)(H,17,18). The number of carboxylic acid groups (broad SMARTS) is 1. The van der Waals surface area contributed by atoms with Gasteiger partial charge in [0.1, 0.15) is 11.3 Å². The maximum Gasteiger partial charge on any atom is 0.329 e. The minimum absolute atomic E-state index is 0.0498. The van der Waals surface area contributed by atoms with Crippen LogP contribution in [-0.4, -0.2) is 34.8 Å². The summed E-state index contributed by atoms with van der Waals surface area (Å²) in [6.45, 7) is 0. The number of aliphatic carboxylic acids is 1. The van der Waals surface area contributed by atoms with E-state index in [9.17, 15) is 14.7 Å². The van der Waals surface area contributed by atoms with Gasteiger partial charge < -0.3 is 15.5 Å². The van der Waals surface area contributed by atoms with Gasteiger partial charge >= 0.3 is 12.0 Å². The van der Waals surface area contributed by atoms with Crippen molar-refractivity contribution in [2.75, 3.05) is 11.9 Å². The minimum atomic E-state index is -1.14. The molecule has 0 spiro atoms. The second kappa shape index (κ2) is 4.79. The first-order valence-corrected chi connectivity index (χ1v) is 6.03. The van der Waals surface area contributed by atoms with E-state index in [2.05, 4.69) is 5.32 Å². The Labute approximate surface area is 110 Å². The van der Waals surface area contributed by atoms with Crippen molar-refractivity contribution in [3.8, 4) is 5.75 Å². The normalized spacial score (nSPS) is 16.3. The van der Waals surface area contributed by atoms with Gasteiger partial charge in [-0.3, -0.25) is 4.90 Å². The monoisotopic (exact) mass is 264 g/mol. The second-order valence-electron chi connectivity index (χ2n) is 4.75. The van der Waals surface area contributed by atoms with E-state index in [1.807, 2.05) is 0 Å². The molecule has 0 bridgehead atoms. The smallest absolute Gasteiger partial charge is 0.329 e. The van der Waals surface area contributed by atoms with Crippen molar-refractivity contribution in [2.24, 2.45) is 0 Å². The molecular formula is C13H16N2O4. The van der Waals surface area contributed by atoms with Gasteiger partial charge in [-0.15, -0.1) is 0 Å². The van der Waals surface area contributed by atoms with E-state index < -0.39 is 17.5 Å². The van der Waals surface area contributed by atoms with Crippen LogP contribution in [0.5, 0.6) is 5.75 Å². The van der Waals surface area contributed by atoms with Gasteiger partial charge in [0.05, 0.1) is 0 Å². The third-order valence-corrected chi connectivity index (χ3v) is 3.48. The van der Waals surface area contributed by atoms with E-state index in [1.165, 1.54) is 24.1 Å². The summed E-state index contributed by atoms with van der Waals surface area (Å²) in [5.41, 5.74) is -0.639. The van der Waals surface area contributed by atoms with Crippen LogP contribution in [0.1, 0.15) is 19.3 Å². The zero-order valence-corrected chi connectivity index (χ0v) is 10.6. The molecule has 0 radical (unpaired) electrons. The molecule has 1 aliphatic carbocycles. The molecule has 1 aliphatic rings. The van der Waals surface area contributed by atoms with Gasteiger partial charge in [-0.05, 0) is 31.4 Å². The highest BCUT2D eigenvalue weighted by atomic mass is 16.4. The molecule has 0 heterocycles. The van der Waals surface area contributed by atoms with E-state index in [4.69, 9.17) is 5.11 Å². The molecule has 6 heteroatoms. The van der Waals surface area contributed by atoms with E-state index in [0.29, 0.717) is 18.5 Å². The Bertz CT molecular complexity index is 511. The topological polar surface area (TPSA) is 89.9 Å². The van der Waals surface area contributed by atoms with Crippen molar-refractivity contribution in [3.05, 3.63) is 24.3 Å². The number of nitrogens with zero attached hydrogens (tertiary/aromatic N) is 1. The Morgan fingerprint density at radius 2 is 2.05 bits per heavy atom. The number of aromatic hydroxyl groups is 1. The molecule has 0 unspecified atom stereocenters. The van der Waals surface area contributed by atoms with Crippen LogP contribution >= 0.6 is 0 Å². The fourth-order valence-electron chi connectivity index (χ4n) is 2.03. The summed E-state index contributed by atoms with van der Waals surface area (Å²) in [5, 5.41) is 21.1. The van der Waals surface area contributed by atoms with Crippen LogP contribution in [0.25, 0.3) is 0 Å². The first kappa shape index (κ1) is 13.2. The molecule has 6 nitrogen and oxygen atoms in total. The summed E-state index contributed by atoms with van der Waals surface area (Å²) in [5.74, 6) is -0.954. The first-order valence-electron chi connectivity index (χ1n) is 6.03. The van der Waals surface area contributed by atoms with E-state index >= 15 is 0 Å². The highest BCUT2D eigenvalue weighted by Crippen LogP contribution is 2.32. The SMILES string of the molecule is CN(C(=O)NC1(C(=O)O)CCC1)c1cccc(O)c1. The molecule has 0 aromatic heterocycles. The van der Waals surface area contributed by atoms with Crippen molar-refractivity contribution < 1.29 is 19.8 Å². The number of carbonyl (C=O) groups is 2. The average Bonchev–Trinajstić information content (AvgIpc) is 2.32. The summed E-state index contributed by atoms with van der Waals surface area (Å²) in [4.78, 5) is 24.5. The molecule has 1 aromatic carbocycles. The number of benzene rings is 1. The van der Waals surface area contributed by atoms with Crippen LogP contribution < -0.4 is 10.2 Å². The number of phenols is 1. The maximum absolute atomic E-state index is 12.0. The van der Waals surface area contributed by atoms with Gasteiger partial charge in [0.25, 0.3) is 0 Å². The molecule has 0 saturated heterocycles. The fourth-order valence-corrected chi connectivity index (χ4v) is 2.03. The Kier molecular flexibility index (Phi) is 3.33. The highest BCUT2D eigenvalue weighted by molar-refractivity contribution is 5.95. The summed E-state index contributed by atoms with van der Waals surface area (Å²) >= 11 is 0. The average molecular weight is 264 g/mol. The summed E-state index contributed by atoms with van der Waals surface area (Å²) < 4.78 is 0. The third-order valence-electron chi connectivity index (χ3n) is 3.48. The molecule has 0 atom stereocenters. The lowest BCUT2D eigenvalue weighted by Gasteiger charge is -2.39. The number of urea groups is 1. The number of rotatable bonds is 3. The van der Waals surface area contributed by atoms with Crippen molar-refractivity contribution in [2.45, 2.75) is 24.8 Å². The van der Waals surface area contributed by atoms with Crippen LogP contribution in [0.2, 0.25) is 0 Å². The van der Waals surface area contributed by atoms with Gasteiger partial charge in [0.15, 0.2) is 0 Å². The second-order valence-corrected chi connectivity index (χ2v) is 4.75. The molecule has 3 N–H and O–H groups in total. The summed E-state index contributed by atoms with van der Waals surface area (Å²) in [6, 6.07) is 5.72. The highest BCUT2D eigenvalue weighted by Gasteiger charge is 2.46. The van der Waals surface area contributed by atoms with E-state index in [0.717, 1.165) is 6.42 Å². The van der Waals surface area contributed by atoms with Crippen molar-refractivity contribution in [3.63, 3.8) is 0 Å². The number of hydrogen-bond donors (Lipinski definition) is 3. The predicted molar refractivity (Wildman–Crippen MR) is 69.3 cm³/mol. The number of anilines is 1. The lowest BCUT2D eigenvalue weighted by atomic mass is 9.77. The molecule has 19 heavy (non-hydrogen) atoms. The third kappa shape index (κ3) is 2.47. The molecule has 2 amide bonds. The maximum atomic E-state index is 12.0. The quantitative estimate of drug-likeness (QED) is 0.772. The van der Waals surface area contributed by atoms with Crippen molar-refractivity contribution in [1.29, 1.82) is 0 Å². The lowest BCUT2D eigenvalue weighted by Crippen LogP contribution is -2.61. The number of carboxylic acids is 1. The van der Waals surface area contributed by atoms with Gasteiger partial charge in [-0.2, -0.15) is 0 Å². The molecule has 1 fully saturated rings. The van der Waals surface area contributed by atoms with Crippen LogP contribution in [0.3, 0.4) is 0 Å². The molecule has 1 saturated carbocycles.